The van der Waals surface area contributed by atoms with E-state index in [0.717, 1.165) is 0 Å². The van der Waals surface area contributed by atoms with Gasteiger partial charge in [-0.15, -0.1) is 0 Å². The standard InChI is InChI=1S/C8H19BN2O/c1-7(2)6-10-11(5)9(12)8(3)4/h6-8,12H,1-5H3/b10-6-. The van der Waals surface area contributed by atoms with Crippen molar-refractivity contribution >= 4 is 13.3 Å². The Morgan fingerprint density at radius 1 is 1.33 bits per heavy atom. The average molecular weight is 170 g/mol. The maximum atomic E-state index is 9.52. The monoisotopic (exact) mass is 170 g/mol. The molecule has 0 aromatic heterocycles. The molecule has 0 fully saturated rings. The van der Waals surface area contributed by atoms with Crippen LogP contribution in [-0.4, -0.2) is 30.3 Å². The summed E-state index contributed by atoms with van der Waals surface area (Å²) in [5, 5.41) is 13.6. The third kappa shape index (κ3) is 4.39. The van der Waals surface area contributed by atoms with Crippen LogP contribution in [0, 0.1) is 5.92 Å². The largest absolute Gasteiger partial charge is 0.432 e. The Kier molecular flexibility index (Phi) is 4.98. The molecule has 12 heavy (non-hydrogen) atoms. The van der Waals surface area contributed by atoms with Crippen LogP contribution in [0.1, 0.15) is 27.7 Å². The topological polar surface area (TPSA) is 35.8 Å². The molecule has 0 atom stereocenters. The van der Waals surface area contributed by atoms with Gasteiger partial charge in [0.25, 0.3) is 0 Å². The summed E-state index contributed by atoms with van der Waals surface area (Å²) in [4.78, 5) is 1.59. The number of nitrogens with zero attached hydrogens (tertiary/aromatic N) is 2. The van der Waals surface area contributed by atoms with Crippen molar-refractivity contribution in [3.63, 3.8) is 0 Å². The van der Waals surface area contributed by atoms with Gasteiger partial charge in [0.1, 0.15) is 0 Å². The van der Waals surface area contributed by atoms with Crippen molar-refractivity contribution < 1.29 is 5.02 Å². The van der Waals surface area contributed by atoms with Crippen molar-refractivity contribution in [1.82, 2.24) is 4.92 Å². The molecule has 0 unspecified atom stereocenters. The fraction of sp³-hybridized carbons (Fsp3) is 0.875. The van der Waals surface area contributed by atoms with Crippen molar-refractivity contribution in [3.8, 4) is 0 Å². The molecule has 0 aliphatic rings. The lowest BCUT2D eigenvalue weighted by atomic mass is 9.69. The first kappa shape index (κ1) is 11.5. The molecular weight excluding hydrogens is 151 g/mol. The van der Waals surface area contributed by atoms with Gasteiger partial charge in [-0.3, -0.25) is 0 Å². The van der Waals surface area contributed by atoms with Crippen molar-refractivity contribution in [2.45, 2.75) is 33.5 Å². The van der Waals surface area contributed by atoms with E-state index in [1.807, 2.05) is 20.1 Å². The van der Waals surface area contributed by atoms with E-state index < -0.39 is 7.05 Å². The van der Waals surface area contributed by atoms with Crippen molar-refractivity contribution in [2.75, 3.05) is 7.05 Å². The van der Waals surface area contributed by atoms with Crippen molar-refractivity contribution in [1.29, 1.82) is 0 Å². The zero-order chi connectivity index (χ0) is 9.72. The van der Waals surface area contributed by atoms with Gasteiger partial charge in [-0.05, 0) is 11.7 Å². The summed E-state index contributed by atoms with van der Waals surface area (Å²) >= 11 is 0. The van der Waals surface area contributed by atoms with Gasteiger partial charge in [0, 0.05) is 13.3 Å². The van der Waals surface area contributed by atoms with E-state index in [2.05, 4.69) is 18.9 Å². The average Bonchev–Trinajstić information content (AvgIpc) is 1.98. The molecule has 0 aliphatic carbocycles. The summed E-state index contributed by atoms with van der Waals surface area (Å²) in [6.07, 6.45) is 1.82. The molecule has 0 radical (unpaired) electrons. The van der Waals surface area contributed by atoms with Crippen LogP contribution in [0.15, 0.2) is 5.10 Å². The molecular formula is C8H19BN2O. The molecule has 0 amide bonds. The second-order valence-electron chi connectivity index (χ2n) is 3.74. The van der Waals surface area contributed by atoms with Crippen molar-refractivity contribution in [3.05, 3.63) is 0 Å². The first-order valence-corrected chi connectivity index (χ1v) is 4.40. The van der Waals surface area contributed by atoms with E-state index >= 15 is 0 Å². The maximum absolute atomic E-state index is 9.52. The molecule has 3 nitrogen and oxygen atoms in total. The Bertz CT molecular complexity index is 148. The van der Waals surface area contributed by atoms with E-state index in [1.165, 1.54) is 0 Å². The Hall–Kier alpha value is -0.505. The Balaban J connectivity index is 3.94. The molecule has 0 heterocycles. The molecule has 1 N–H and O–H groups in total. The number of rotatable bonds is 4. The smallest absolute Gasteiger partial charge is 0.431 e. The lowest BCUT2D eigenvalue weighted by Crippen LogP contribution is -2.34. The molecule has 0 aromatic carbocycles. The molecule has 0 spiro atoms. The Morgan fingerprint density at radius 2 is 1.83 bits per heavy atom. The highest BCUT2D eigenvalue weighted by molar-refractivity contribution is 6.48. The molecule has 0 aromatic rings. The number of hydrogen-bond donors (Lipinski definition) is 1. The predicted octanol–water partition coefficient (Wildman–Crippen LogP) is 1.45. The second kappa shape index (κ2) is 5.20. The molecule has 0 saturated carbocycles. The van der Waals surface area contributed by atoms with Crippen LogP contribution in [0.2, 0.25) is 5.82 Å². The van der Waals surface area contributed by atoms with Gasteiger partial charge >= 0.3 is 7.05 Å². The van der Waals surface area contributed by atoms with E-state index in [9.17, 15) is 5.02 Å². The zero-order valence-corrected chi connectivity index (χ0v) is 8.65. The fourth-order valence-corrected chi connectivity index (χ4v) is 0.738. The summed E-state index contributed by atoms with van der Waals surface area (Å²) in [5.41, 5.74) is 0. The van der Waals surface area contributed by atoms with E-state index in [1.54, 1.807) is 12.0 Å². The van der Waals surface area contributed by atoms with Crippen LogP contribution in [0.25, 0.3) is 0 Å². The summed E-state index contributed by atoms with van der Waals surface area (Å²) in [7, 11) is 1.30. The lowest BCUT2D eigenvalue weighted by molar-refractivity contribution is 0.414. The minimum absolute atomic E-state index is 0.208. The lowest BCUT2D eigenvalue weighted by Gasteiger charge is -2.19. The van der Waals surface area contributed by atoms with Crippen LogP contribution in [0.3, 0.4) is 0 Å². The first-order valence-electron chi connectivity index (χ1n) is 4.40. The minimum atomic E-state index is -0.486. The van der Waals surface area contributed by atoms with Crippen LogP contribution in [-0.2, 0) is 0 Å². The number of hydrogen-bond acceptors (Lipinski definition) is 3. The van der Waals surface area contributed by atoms with Gasteiger partial charge in [0.2, 0.25) is 0 Å². The molecule has 0 saturated heterocycles. The van der Waals surface area contributed by atoms with E-state index in [4.69, 9.17) is 0 Å². The van der Waals surface area contributed by atoms with E-state index in [0.29, 0.717) is 5.92 Å². The Labute approximate surface area is 75.6 Å². The number of hydrazone groups is 1. The third-order valence-corrected chi connectivity index (χ3v) is 1.53. The molecule has 0 rings (SSSR count). The molecule has 0 bridgehead atoms. The second-order valence-corrected chi connectivity index (χ2v) is 3.74. The molecule has 4 heteroatoms. The summed E-state index contributed by atoms with van der Waals surface area (Å²) in [6, 6.07) is 0. The maximum Gasteiger partial charge on any atom is 0.432 e. The van der Waals surface area contributed by atoms with Gasteiger partial charge in [-0.25, -0.2) is 5.10 Å². The van der Waals surface area contributed by atoms with Crippen LogP contribution < -0.4 is 0 Å². The normalized spacial score (nSPS) is 11.7. The minimum Gasteiger partial charge on any atom is -0.431 e. The highest BCUT2D eigenvalue weighted by Crippen LogP contribution is 2.07. The van der Waals surface area contributed by atoms with Crippen molar-refractivity contribution in [2.24, 2.45) is 11.0 Å². The zero-order valence-electron chi connectivity index (χ0n) is 8.65. The first-order chi connectivity index (χ1) is 5.45. The quantitative estimate of drug-likeness (QED) is 0.393. The van der Waals surface area contributed by atoms with E-state index in [-0.39, 0.29) is 5.82 Å². The molecule has 0 aliphatic heterocycles. The summed E-state index contributed by atoms with van der Waals surface area (Å²) < 4.78 is 0. The van der Waals surface area contributed by atoms with Crippen LogP contribution in [0.4, 0.5) is 0 Å². The van der Waals surface area contributed by atoms with Crippen LogP contribution in [0.5, 0.6) is 0 Å². The Morgan fingerprint density at radius 3 is 2.17 bits per heavy atom. The van der Waals surface area contributed by atoms with Gasteiger partial charge in [-0.2, -0.15) is 0 Å². The highest BCUT2D eigenvalue weighted by Gasteiger charge is 2.20. The van der Waals surface area contributed by atoms with Gasteiger partial charge in [0.05, 0.1) is 0 Å². The SMILES string of the molecule is CC(C)/C=N\N(C)B(O)C(C)C. The van der Waals surface area contributed by atoms with Gasteiger partial charge < -0.3 is 9.94 Å². The summed E-state index contributed by atoms with van der Waals surface area (Å²) in [5.74, 6) is 0.631. The fourth-order valence-electron chi connectivity index (χ4n) is 0.738. The third-order valence-electron chi connectivity index (χ3n) is 1.53. The van der Waals surface area contributed by atoms with Gasteiger partial charge in [-0.1, -0.05) is 27.7 Å². The summed E-state index contributed by atoms with van der Waals surface area (Å²) in [6.45, 7) is 8.04. The predicted molar refractivity (Wildman–Crippen MR) is 54.2 cm³/mol. The van der Waals surface area contributed by atoms with Crippen LogP contribution >= 0.6 is 0 Å². The van der Waals surface area contributed by atoms with Gasteiger partial charge in [0.15, 0.2) is 0 Å². The molecule has 70 valence electrons. The highest BCUT2D eigenvalue weighted by atomic mass is 16.2.